The molecule has 0 aromatic heterocycles. The smallest absolute Gasteiger partial charge is 0.248 e. The Labute approximate surface area is 123 Å². The van der Waals surface area contributed by atoms with E-state index in [1.54, 1.807) is 4.90 Å². The zero-order chi connectivity index (χ0) is 14.4. The maximum atomic E-state index is 11.9. The summed E-state index contributed by atoms with van der Waals surface area (Å²) in [6, 6.07) is 0.165. The van der Waals surface area contributed by atoms with Gasteiger partial charge in [0.2, 0.25) is 11.8 Å². The number of hydrogen-bond acceptors (Lipinski definition) is 3. The van der Waals surface area contributed by atoms with Crippen molar-refractivity contribution in [2.24, 2.45) is 5.92 Å². The average Bonchev–Trinajstić information content (AvgIpc) is 2.38. The largest absolute Gasteiger partial charge is 0.375 e. The van der Waals surface area contributed by atoms with E-state index in [0.29, 0.717) is 13.1 Å². The standard InChI is InChI=1S/C13H23BrN2O3/c1-9(2)12(14)13(18)15-10-4-6-16(7-5-10)11(17)8-19-3/h9-10,12H,4-8H2,1-3H3,(H,15,18). The van der Waals surface area contributed by atoms with Crippen molar-refractivity contribution in [3.05, 3.63) is 0 Å². The first kappa shape index (κ1) is 16.4. The van der Waals surface area contributed by atoms with Gasteiger partial charge in [-0.15, -0.1) is 0 Å². The third kappa shape index (κ3) is 5.10. The molecule has 0 aliphatic carbocycles. The van der Waals surface area contributed by atoms with E-state index in [1.165, 1.54) is 7.11 Å². The molecule has 0 aromatic carbocycles. The fourth-order valence-electron chi connectivity index (χ4n) is 2.07. The summed E-state index contributed by atoms with van der Waals surface area (Å²) in [5.74, 6) is 0.327. The van der Waals surface area contributed by atoms with Crippen molar-refractivity contribution in [2.75, 3.05) is 26.8 Å². The van der Waals surface area contributed by atoms with Crippen LogP contribution in [-0.2, 0) is 14.3 Å². The second-order valence-electron chi connectivity index (χ2n) is 5.24. The van der Waals surface area contributed by atoms with E-state index in [-0.39, 0.29) is 35.2 Å². The van der Waals surface area contributed by atoms with Crippen LogP contribution in [0.15, 0.2) is 0 Å². The highest BCUT2D eigenvalue weighted by atomic mass is 79.9. The Hall–Kier alpha value is -0.620. The van der Waals surface area contributed by atoms with E-state index < -0.39 is 0 Å². The molecule has 1 atom stereocenters. The topological polar surface area (TPSA) is 58.6 Å². The summed E-state index contributed by atoms with van der Waals surface area (Å²) in [4.78, 5) is 25.2. The molecule has 0 radical (unpaired) electrons. The van der Waals surface area contributed by atoms with Gasteiger partial charge in [0.25, 0.3) is 0 Å². The fraction of sp³-hybridized carbons (Fsp3) is 0.846. The number of likely N-dealkylation sites (tertiary alicyclic amines) is 1. The maximum Gasteiger partial charge on any atom is 0.248 e. The Balaban J connectivity index is 2.34. The molecule has 1 heterocycles. The second-order valence-corrected chi connectivity index (χ2v) is 6.23. The van der Waals surface area contributed by atoms with Gasteiger partial charge >= 0.3 is 0 Å². The minimum Gasteiger partial charge on any atom is -0.375 e. The van der Waals surface area contributed by atoms with E-state index in [9.17, 15) is 9.59 Å². The van der Waals surface area contributed by atoms with Gasteiger partial charge in [-0.3, -0.25) is 9.59 Å². The number of carbonyl (C=O) groups is 2. The summed E-state index contributed by atoms with van der Waals surface area (Å²) in [5.41, 5.74) is 0. The number of nitrogens with one attached hydrogen (secondary N) is 1. The van der Waals surface area contributed by atoms with Crippen LogP contribution in [0.3, 0.4) is 0 Å². The Morgan fingerprint density at radius 2 is 1.95 bits per heavy atom. The first-order valence-electron chi connectivity index (χ1n) is 6.66. The molecule has 1 aliphatic heterocycles. The Kier molecular flexibility index (Phi) is 6.79. The number of methoxy groups -OCH3 is 1. The molecule has 19 heavy (non-hydrogen) atoms. The number of halogens is 1. The normalized spacial score (nSPS) is 18.5. The van der Waals surface area contributed by atoms with Crippen LogP contribution in [0.5, 0.6) is 0 Å². The van der Waals surface area contributed by atoms with Gasteiger partial charge in [-0.1, -0.05) is 29.8 Å². The minimum absolute atomic E-state index is 0.0211. The highest BCUT2D eigenvalue weighted by molar-refractivity contribution is 9.10. The molecule has 0 spiro atoms. The van der Waals surface area contributed by atoms with E-state index in [1.807, 2.05) is 13.8 Å². The fourth-order valence-corrected chi connectivity index (χ4v) is 2.20. The van der Waals surface area contributed by atoms with Crippen molar-refractivity contribution >= 4 is 27.7 Å². The monoisotopic (exact) mass is 334 g/mol. The molecule has 5 nitrogen and oxygen atoms in total. The van der Waals surface area contributed by atoms with Gasteiger partial charge in [0.1, 0.15) is 6.61 Å². The van der Waals surface area contributed by atoms with Crippen molar-refractivity contribution in [2.45, 2.75) is 37.6 Å². The van der Waals surface area contributed by atoms with E-state index in [0.717, 1.165) is 12.8 Å². The molecular formula is C13H23BrN2O3. The Bertz CT molecular complexity index is 315. The minimum atomic E-state index is -0.152. The maximum absolute atomic E-state index is 11.9. The Morgan fingerprint density at radius 3 is 2.42 bits per heavy atom. The predicted octanol–water partition coefficient (Wildman–Crippen LogP) is 1.16. The molecule has 110 valence electrons. The molecule has 6 heteroatoms. The number of carbonyl (C=O) groups excluding carboxylic acids is 2. The van der Waals surface area contributed by atoms with Crippen molar-refractivity contribution in [1.29, 1.82) is 0 Å². The van der Waals surface area contributed by atoms with Crippen molar-refractivity contribution in [3.63, 3.8) is 0 Å². The lowest BCUT2D eigenvalue weighted by molar-refractivity contribution is -0.136. The molecular weight excluding hydrogens is 312 g/mol. The molecule has 0 aromatic rings. The van der Waals surface area contributed by atoms with Crippen LogP contribution in [0.2, 0.25) is 0 Å². The quantitative estimate of drug-likeness (QED) is 0.767. The van der Waals surface area contributed by atoms with Gasteiger partial charge in [0.15, 0.2) is 0 Å². The van der Waals surface area contributed by atoms with Crippen molar-refractivity contribution in [1.82, 2.24) is 10.2 Å². The summed E-state index contributed by atoms with van der Waals surface area (Å²) >= 11 is 3.40. The molecule has 0 saturated carbocycles. The number of amides is 2. The molecule has 0 bridgehead atoms. The molecule has 1 aliphatic rings. The van der Waals surface area contributed by atoms with Crippen molar-refractivity contribution in [3.8, 4) is 0 Å². The van der Waals surface area contributed by atoms with Crippen LogP contribution in [-0.4, -0.2) is 54.4 Å². The van der Waals surface area contributed by atoms with Gasteiger partial charge in [0, 0.05) is 26.2 Å². The first-order chi connectivity index (χ1) is 8.95. The second kappa shape index (κ2) is 7.85. The molecule has 1 saturated heterocycles. The zero-order valence-electron chi connectivity index (χ0n) is 11.8. The van der Waals surface area contributed by atoms with Gasteiger partial charge < -0.3 is 15.0 Å². The summed E-state index contributed by atoms with van der Waals surface area (Å²) in [6.07, 6.45) is 1.61. The molecule has 1 unspecified atom stereocenters. The summed E-state index contributed by atoms with van der Waals surface area (Å²) < 4.78 is 4.84. The van der Waals surface area contributed by atoms with Crippen LogP contribution in [0.25, 0.3) is 0 Å². The third-order valence-corrected chi connectivity index (χ3v) is 4.77. The number of alkyl halides is 1. The number of hydrogen-bond donors (Lipinski definition) is 1. The third-order valence-electron chi connectivity index (χ3n) is 3.30. The summed E-state index contributed by atoms with van der Waals surface area (Å²) in [7, 11) is 1.52. The van der Waals surface area contributed by atoms with Crippen molar-refractivity contribution < 1.29 is 14.3 Å². The van der Waals surface area contributed by atoms with Gasteiger partial charge in [-0.25, -0.2) is 0 Å². The lowest BCUT2D eigenvalue weighted by Crippen LogP contribution is -2.49. The van der Waals surface area contributed by atoms with Crippen LogP contribution < -0.4 is 5.32 Å². The Morgan fingerprint density at radius 1 is 1.37 bits per heavy atom. The SMILES string of the molecule is COCC(=O)N1CCC(NC(=O)C(Br)C(C)C)CC1. The number of rotatable bonds is 5. The highest BCUT2D eigenvalue weighted by Gasteiger charge is 2.26. The van der Waals surface area contributed by atoms with Crippen LogP contribution in [0.1, 0.15) is 26.7 Å². The van der Waals surface area contributed by atoms with E-state index in [2.05, 4.69) is 21.2 Å². The van der Waals surface area contributed by atoms with Gasteiger partial charge in [-0.2, -0.15) is 0 Å². The summed E-state index contributed by atoms with van der Waals surface area (Å²) in [5, 5.41) is 3.04. The molecule has 1 fully saturated rings. The van der Waals surface area contributed by atoms with Crippen LogP contribution in [0, 0.1) is 5.92 Å². The number of piperidine rings is 1. The number of ether oxygens (including phenoxy) is 1. The highest BCUT2D eigenvalue weighted by Crippen LogP contribution is 2.15. The lowest BCUT2D eigenvalue weighted by atomic mass is 10.0. The lowest BCUT2D eigenvalue weighted by Gasteiger charge is -2.32. The van der Waals surface area contributed by atoms with Gasteiger partial charge in [-0.05, 0) is 18.8 Å². The number of nitrogens with zero attached hydrogens (tertiary/aromatic N) is 1. The predicted molar refractivity (Wildman–Crippen MR) is 77.2 cm³/mol. The van der Waals surface area contributed by atoms with Crippen LogP contribution in [0.4, 0.5) is 0 Å². The van der Waals surface area contributed by atoms with Gasteiger partial charge in [0.05, 0.1) is 4.83 Å². The molecule has 1 rings (SSSR count). The molecule has 2 amide bonds. The average molecular weight is 335 g/mol. The van der Waals surface area contributed by atoms with E-state index >= 15 is 0 Å². The summed E-state index contributed by atoms with van der Waals surface area (Å²) in [6.45, 7) is 5.51. The molecule has 1 N–H and O–H groups in total. The zero-order valence-corrected chi connectivity index (χ0v) is 13.4. The first-order valence-corrected chi connectivity index (χ1v) is 7.58. The van der Waals surface area contributed by atoms with Crippen LogP contribution >= 0.6 is 15.9 Å². The van der Waals surface area contributed by atoms with E-state index in [4.69, 9.17) is 4.74 Å².